The number of terminal acetylenes is 1. The molecule has 1 N–H and O–H groups in total. The fourth-order valence-electron chi connectivity index (χ4n) is 4.97. The van der Waals surface area contributed by atoms with Gasteiger partial charge in [-0.1, -0.05) is 50.6 Å². The van der Waals surface area contributed by atoms with E-state index in [1.807, 2.05) is 30.3 Å². The molecule has 0 spiro atoms. The summed E-state index contributed by atoms with van der Waals surface area (Å²) in [6.45, 7) is 4.99. The van der Waals surface area contributed by atoms with E-state index in [0.717, 1.165) is 49.7 Å². The van der Waals surface area contributed by atoms with Crippen molar-refractivity contribution in [3.8, 4) is 12.3 Å². The zero-order valence-electron chi connectivity index (χ0n) is 20.3. The van der Waals surface area contributed by atoms with Gasteiger partial charge in [0, 0.05) is 37.9 Å². The number of benzene rings is 1. The van der Waals surface area contributed by atoms with E-state index in [0.29, 0.717) is 25.9 Å². The quantitative estimate of drug-likeness (QED) is 0.298. The first-order valence-corrected chi connectivity index (χ1v) is 12.7. The normalized spacial score (nSPS) is 23.8. The molecule has 4 atom stereocenters. The molecule has 0 bridgehead atoms. The summed E-state index contributed by atoms with van der Waals surface area (Å²) in [6, 6.07) is 7.27. The average Bonchev–Trinajstić information content (AvgIpc) is 3.26. The van der Waals surface area contributed by atoms with E-state index < -0.39 is 18.2 Å². The van der Waals surface area contributed by atoms with E-state index in [1.165, 1.54) is 0 Å². The minimum absolute atomic E-state index is 0. The maximum absolute atomic E-state index is 13.1. The van der Waals surface area contributed by atoms with E-state index in [-0.39, 0.29) is 37.7 Å². The molecule has 7 heteroatoms. The Kier molecular flexibility index (Phi) is 9.58. The van der Waals surface area contributed by atoms with Gasteiger partial charge < -0.3 is 15.0 Å². The SMILES string of the molecule is C.C#C[C@@H]1C[C@H]1NC(=O)[C@@H]1CC(OC(=O)N2Cc3ccccc3C2)CN1C(=O)CCCCCCC=C. The van der Waals surface area contributed by atoms with Gasteiger partial charge in [-0.15, -0.1) is 18.9 Å². The molecular formula is C29H39N3O4. The number of likely N-dealkylation sites (tertiary alicyclic amines) is 1. The van der Waals surface area contributed by atoms with Gasteiger partial charge in [0.05, 0.1) is 6.54 Å². The number of hydrogen-bond donors (Lipinski definition) is 1. The Morgan fingerprint density at radius 2 is 1.81 bits per heavy atom. The van der Waals surface area contributed by atoms with E-state index in [1.54, 1.807) is 9.80 Å². The Labute approximate surface area is 215 Å². The van der Waals surface area contributed by atoms with Crippen LogP contribution in [0.3, 0.4) is 0 Å². The Morgan fingerprint density at radius 1 is 1.11 bits per heavy atom. The van der Waals surface area contributed by atoms with Crippen molar-refractivity contribution in [2.45, 2.75) is 90.1 Å². The van der Waals surface area contributed by atoms with Crippen molar-refractivity contribution >= 4 is 17.9 Å². The molecule has 3 aliphatic rings. The second-order valence-electron chi connectivity index (χ2n) is 9.79. The lowest BCUT2D eigenvalue weighted by atomic mass is 10.1. The number of allylic oxidation sites excluding steroid dienone is 1. The standard InChI is InChI=1S/C28H35N3O4.CH4/c1-3-5-6-7-8-9-14-26(32)31-19-23(16-25(31)27(33)29-24-15-20(24)4-2)35-28(34)30-17-21-12-10-11-13-22(21)18-30;/h2-3,10-13,20,23-25H,1,5-9,14-19H2,(H,29,33);1H4/t20-,23?,24-,25+;/m1./s1. The van der Waals surface area contributed by atoms with Crippen molar-refractivity contribution < 1.29 is 19.1 Å². The first kappa shape index (κ1) is 27.3. The lowest BCUT2D eigenvalue weighted by Gasteiger charge is -2.23. The Morgan fingerprint density at radius 3 is 2.44 bits per heavy atom. The van der Waals surface area contributed by atoms with Crippen LogP contribution >= 0.6 is 0 Å². The second kappa shape index (κ2) is 12.6. The fourth-order valence-corrected chi connectivity index (χ4v) is 4.97. The highest BCUT2D eigenvalue weighted by Crippen LogP contribution is 2.31. The maximum Gasteiger partial charge on any atom is 0.410 e. The number of nitrogens with one attached hydrogen (secondary N) is 1. The summed E-state index contributed by atoms with van der Waals surface area (Å²) in [7, 11) is 0. The molecule has 3 amide bonds. The number of rotatable bonds is 10. The number of nitrogens with zero attached hydrogens (tertiary/aromatic N) is 2. The minimum Gasteiger partial charge on any atom is -0.444 e. The molecule has 1 aromatic rings. The third-order valence-electron chi connectivity index (χ3n) is 7.13. The Hall–Kier alpha value is -3.27. The van der Waals surface area contributed by atoms with E-state index >= 15 is 0 Å². The zero-order chi connectivity index (χ0) is 24.8. The number of carbonyl (C=O) groups is 3. The minimum atomic E-state index is -0.643. The molecule has 0 aromatic heterocycles. The molecule has 36 heavy (non-hydrogen) atoms. The summed E-state index contributed by atoms with van der Waals surface area (Å²) in [4.78, 5) is 42.2. The topological polar surface area (TPSA) is 79.0 Å². The average molecular weight is 494 g/mol. The molecule has 2 heterocycles. The first-order chi connectivity index (χ1) is 17.0. The highest BCUT2D eigenvalue weighted by atomic mass is 16.6. The molecule has 194 valence electrons. The van der Waals surface area contributed by atoms with Gasteiger partial charge in [-0.25, -0.2) is 4.79 Å². The maximum atomic E-state index is 13.1. The van der Waals surface area contributed by atoms with Crippen LogP contribution in [0.25, 0.3) is 0 Å². The van der Waals surface area contributed by atoms with Gasteiger partial charge in [-0.05, 0) is 36.8 Å². The molecule has 2 aliphatic heterocycles. The summed E-state index contributed by atoms with van der Waals surface area (Å²) in [5.74, 6) is 2.45. The third kappa shape index (κ3) is 6.69. The fraction of sp³-hybridized carbons (Fsp3) is 0.552. The number of carbonyl (C=O) groups excluding carboxylic acids is 3. The first-order valence-electron chi connectivity index (χ1n) is 12.7. The monoisotopic (exact) mass is 493 g/mol. The van der Waals surface area contributed by atoms with E-state index in [9.17, 15) is 14.4 Å². The van der Waals surface area contributed by atoms with Gasteiger partial charge in [-0.2, -0.15) is 0 Å². The van der Waals surface area contributed by atoms with Crippen LogP contribution in [0.4, 0.5) is 4.79 Å². The highest BCUT2D eigenvalue weighted by Gasteiger charge is 2.45. The van der Waals surface area contributed by atoms with Gasteiger partial charge in [0.2, 0.25) is 11.8 Å². The van der Waals surface area contributed by atoms with Gasteiger partial charge in [0.15, 0.2) is 0 Å². The lowest BCUT2D eigenvalue weighted by Crippen LogP contribution is -2.46. The Balaban J connectivity index is 0.00000361. The largest absolute Gasteiger partial charge is 0.444 e. The molecule has 7 nitrogen and oxygen atoms in total. The molecule has 4 rings (SSSR count). The van der Waals surface area contributed by atoms with Crippen LogP contribution in [-0.2, 0) is 27.4 Å². The van der Waals surface area contributed by atoms with Crippen LogP contribution in [0.1, 0.15) is 69.9 Å². The van der Waals surface area contributed by atoms with Gasteiger partial charge in [0.1, 0.15) is 12.1 Å². The zero-order valence-corrected chi connectivity index (χ0v) is 20.3. The summed E-state index contributed by atoms with van der Waals surface area (Å²) in [5.41, 5.74) is 2.23. The predicted molar refractivity (Wildman–Crippen MR) is 140 cm³/mol. The molecule has 0 radical (unpaired) electrons. The summed E-state index contributed by atoms with van der Waals surface area (Å²) < 4.78 is 5.79. The van der Waals surface area contributed by atoms with Crippen molar-refractivity contribution in [2.24, 2.45) is 5.92 Å². The highest BCUT2D eigenvalue weighted by molar-refractivity contribution is 5.89. The van der Waals surface area contributed by atoms with Crippen LogP contribution < -0.4 is 5.32 Å². The second-order valence-corrected chi connectivity index (χ2v) is 9.79. The van der Waals surface area contributed by atoms with Crippen LogP contribution in [0.2, 0.25) is 0 Å². The van der Waals surface area contributed by atoms with Crippen molar-refractivity contribution in [3.63, 3.8) is 0 Å². The summed E-state index contributed by atoms with van der Waals surface area (Å²) in [5, 5.41) is 2.98. The van der Waals surface area contributed by atoms with Crippen LogP contribution in [0.5, 0.6) is 0 Å². The van der Waals surface area contributed by atoms with Gasteiger partial charge >= 0.3 is 6.09 Å². The number of fused-ring (bicyclic) bond motifs is 1. The summed E-state index contributed by atoms with van der Waals surface area (Å²) >= 11 is 0. The van der Waals surface area contributed by atoms with Crippen LogP contribution in [0, 0.1) is 18.3 Å². The Bertz CT molecular complexity index is 975. The molecule has 2 fully saturated rings. The van der Waals surface area contributed by atoms with Crippen molar-refractivity contribution in [1.29, 1.82) is 0 Å². The molecule has 1 saturated carbocycles. The third-order valence-corrected chi connectivity index (χ3v) is 7.13. The molecule has 1 aromatic carbocycles. The smallest absolute Gasteiger partial charge is 0.410 e. The summed E-state index contributed by atoms with van der Waals surface area (Å²) in [6.07, 6.45) is 12.8. The molecular weight excluding hydrogens is 454 g/mol. The predicted octanol–water partition coefficient (Wildman–Crippen LogP) is 4.41. The van der Waals surface area contributed by atoms with Crippen molar-refractivity contribution in [3.05, 3.63) is 48.0 Å². The van der Waals surface area contributed by atoms with Crippen LogP contribution in [-0.4, -0.2) is 52.4 Å². The van der Waals surface area contributed by atoms with E-state index in [2.05, 4.69) is 17.8 Å². The number of unbranched alkanes of at least 4 members (excludes halogenated alkanes) is 4. The van der Waals surface area contributed by atoms with Crippen molar-refractivity contribution in [2.75, 3.05) is 6.54 Å². The molecule has 1 aliphatic carbocycles. The number of amides is 3. The van der Waals surface area contributed by atoms with Gasteiger partial charge in [-0.3, -0.25) is 14.5 Å². The van der Waals surface area contributed by atoms with E-state index in [4.69, 9.17) is 11.2 Å². The lowest BCUT2D eigenvalue weighted by molar-refractivity contribution is -0.138. The van der Waals surface area contributed by atoms with Crippen LogP contribution in [0.15, 0.2) is 36.9 Å². The van der Waals surface area contributed by atoms with Gasteiger partial charge in [0.25, 0.3) is 0 Å². The number of hydrogen-bond acceptors (Lipinski definition) is 4. The number of ether oxygens (including phenoxy) is 1. The van der Waals surface area contributed by atoms with Crippen molar-refractivity contribution in [1.82, 2.24) is 15.1 Å². The molecule has 1 saturated heterocycles. The molecule has 1 unspecified atom stereocenters.